The lowest BCUT2D eigenvalue weighted by Gasteiger charge is -2.01. The summed E-state index contributed by atoms with van der Waals surface area (Å²) in [6, 6.07) is 5.48. The number of nitrogen functional groups attached to an aromatic ring is 1. The Balaban J connectivity index is 3.35. The summed E-state index contributed by atoms with van der Waals surface area (Å²) in [5.41, 5.74) is 7.80. The Morgan fingerprint density at radius 3 is 2.64 bits per heavy atom. The van der Waals surface area contributed by atoms with Crippen molar-refractivity contribution in [2.75, 3.05) is 5.73 Å². The summed E-state index contributed by atoms with van der Waals surface area (Å²) in [6.45, 7) is 1.90. The quantitative estimate of drug-likeness (QED) is 0.668. The fraction of sp³-hybridized carbons (Fsp3) is 0.125. The molecular formula is C8H7BrN2. The summed E-state index contributed by atoms with van der Waals surface area (Å²) in [5, 5.41) is 8.56. The van der Waals surface area contributed by atoms with E-state index in [2.05, 4.69) is 15.9 Å². The van der Waals surface area contributed by atoms with Gasteiger partial charge in [-0.1, -0.05) is 0 Å². The van der Waals surface area contributed by atoms with Crippen LogP contribution in [-0.4, -0.2) is 0 Å². The van der Waals surface area contributed by atoms with Gasteiger partial charge in [0.05, 0.1) is 11.6 Å². The van der Waals surface area contributed by atoms with Crippen molar-refractivity contribution in [3.8, 4) is 6.07 Å². The molecule has 0 unspecified atom stereocenters. The maximum Gasteiger partial charge on any atom is 0.0992 e. The molecule has 0 atom stereocenters. The molecule has 0 aliphatic carbocycles. The fourth-order valence-electron chi connectivity index (χ4n) is 0.861. The molecule has 2 nitrogen and oxygen atoms in total. The van der Waals surface area contributed by atoms with E-state index >= 15 is 0 Å². The topological polar surface area (TPSA) is 49.8 Å². The predicted octanol–water partition coefficient (Wildman–Crippen LogP) is 2.21. The number of aryl methyl sites for hydroxylation is 1. The number of hydrogen-bond acceptors (Lipinski definition) is 2. The summed E-state index contributed by atoms with van der Waals surface area (Å²) in [6.07, 6.45) is 0. The first kappa shape index (κ1) is 8.09. The van der Waals surface area contributed by atoms with Crippen LogP contribution in [-0.2, 0) is 0 Å². The highest BCUT2D eigenvalue weighted by Crippen LogP contribution is 2.24. The van der Waals surface area contributed by atoms with Crippen molar-refractivity contribution in [2.24, 2.45) is 0 Å². The number of nitriles is 1. The average Bonchev–Trinajstić information content (AvgIpc) is 1.99. The minimum Gasteiger partial charge on any atom is -0.398 e. The van der Waals surface area contributed by atoms with Crippen LogP contribution >= 0.6 is 15.9 Å². The second-order valence-corrected chi connectivity index (χ2v) is 3.10. The molecule has 1 rings (SSSR count). The average molecular weight is 211 g/mol. The maximum absolute atomic E-state index is 8.56. The van der Waals surface area contributed by atoms with Gasteiger partial charge in [-0.2, -0.15) is 5.26 Å². The lowest BCUT2D eigenvalue weighted by molar-refractivity contribution is 1.39. The molecule has 0 radical (unpaired) electrons. The van der Waals surface area contributed by atoms with Gasteiger partial charge in [0.15, 0.2) is 0 Å². The summed E-state index contributed by atoms with van der Waals surface area (Å²) in [7, 11) is 0. The van der Waals surface area contributed by atoms with Gasteiger partial charge >= 0.3 is 0 Å². The van der Waals surface area contributed by atoms with Gasteiger partial charge in [0.2, 0.25) is 0 Å². The number of benzene rings is 1. The highest BCUT2D eigenvalue weighted by molar-refractivity contribution is 9.10. The van der Waals surface area contributed by atoms with Gasteiger partial charge in [0.25, 0.3) is 0 Å². The Bertz CT molecular complexity index is 302. The van der Waals surface area contributed by atoms with E-state index in [-0.39, 0.29) is 0 Å². The number of halogens is 1. The number of nitrogens with zero attached hydrogens (tertiary/aromatic N) is 1. The van der Waals surface area contributed by atoms with E-state index in [0.29, 0.717) is 11.3 Å². The van der Waals surface area contributed by atoms with Crippen molar-refractivity contribution >= 4 is 21.6 Å². The van der Waals surface area contributed by atoms with E-state index in [1.165, 1.54) is 0 Å². The van der Waals surface area contributed by atoms with Crippen molar-refractivity contribution in [3.05, 3.63) is 27.7 Å². The van der Waals surface area contributed by atoms with Crippen molar-refractivity contribution in [2.45, 2.75) is 6.92 Å². The molecule has 0 fully saturated rings. The molecule has 0 heterocycles. The van der Waals surface area contributed by atoms with Crippen molar-refractivity contribution < 1.29 is 0 Å². The molecule has 0 spiro atoms. The van der Waals surface area contributed by atoms with Gasteiger partial charge in [0.1, 0.15) is 0 Å². The van der Waals surface area contributed by atoms with E-state index in [9.17, 15) is 0 Å². The molecule has 2 N–H and O–H groups in total. The van der Waals surface area contributed by atoms with E-state index in [1.807, 2.05) is 13.0 Å². The van der Waals surface area contributed by atoms with Gasteiger partial charge in [0, 0.05) is 10.2 Å². The van der Waals surface area contributed by atoms with E-state index < -0.39 is 0 Å². The lowest BCUT2D eigenvalue weighted by Crippen LogP contribution is -1.90. The summed E-state index contributed by atoms with van der Waals surface area (Å²) < 4.78 is 0.872. The Morgan fingerprint density at radius 2 is 2.18 bits per heavy atom. The largest absolute Gasteiger partial charge is 0.398 e. The van der Waals surface area contributed by atoms with Crippen LogP contribution < -0.4 is 5.73 Å². The molecule has 3 heteroatoms. The lowest BCUT2D eigenvalue weighted by atomic mass is 10.1. The van der Waals surface area contributed by atoms with E-state index in [4.69, 9.17) is 11.0 Å². The number of nitrogens with two attached hydrogens (primary N) is 1. The van der Waals surface area contributed by atoms with Crippen molar-refractivity contribution in [3.63, 3.8) is 0 Å². The first-order valence-electron chi connectivity index (χ1n) is 3.11. The van der Waals surface area contributed by atoms with Crippen LogP contribution in [0.1, 0.15) is 11.1 Å². The Labute approximate surface area is 73.8 Å². The van der Waals surface area contributed by atoms with Crippen LogP contribution in [0, 0.1) is 18.3 Å². The molecule has 0 aliphatic rings. The minimum atomic E-state index is 0.600. The summed E-state index contributed by atoms with van der Waals surface area (Å²) in [5.74, 6) is 0. The molecule has 0 saturated carbocycles. The SMILES string of the molecule is Cc1cc(C#N)cc(N)c1Br. The van der Waals surface area contributed by atoms with Crippen LogP contribution in [0.5, 0.6) is 0 Å². The zero-order valence-corrected chi connectivity index (χ0v) is 7.64. The highest BCUT2D eigenvalue weighted by Gasteiger charge is 2.01. The summed E-state index contributed by atoms with van der Waals surface area (Å²) >= 11 is 3.31. The third-order valence-electron chi connectivity index (χ3n) is 1.41. The van der Waals surface area contributed by atoms with E-state index in [0.717, 1.165) is 10.0 Å². The predicted molar refractivity (Wildman–Crippen MR) is 48.0 cm³/mol. The van der Waals surface area contributed by atoms with Crippen LogP contribution in [0.3, 0.4) is 0 Å². The van der Waals surface area contributed by atoms with Gasteiger partial charge in [-0.25, -0.2) is 0 Å². The third kappa shape index (κ3) is 1.52. The fourth-order valence-corrected chi connectivity index (χ4v) is 1.09. The standard InChI is InChI=1S/C8H7BrN2/c1-5-2-6(4-10)3-7(11)8(5)9/h2-3H,11H2,1H3. The number of anilines is 1. The zero-order chi connectivity index (χ0) is 8.43. The number of rotatable bonds is 0. The Hall–Kier alpha value is -1.01. The van der Waals surface area contributed by atoms with Gasteiger partial charge in [-0.15, -0.1) is 0 Å². The van der Waals surface area contributed by atoms with Gasteiger partial charge < -0.3 is 5.73 Å². The summed E-state index contributed by atoms with van der Waals surface area (Å²) in [4.78, 5) is 0. The molecule has 0 amide bonds. The molecule has 0 aromatic heterocycles. The second-order valence-electron chi connectivity index (χ2n) is 2.31. The van der Waals surface area contributed by atoms with Gasteiger partial charge in [-0.05, 0) is 40.5 Å². The third-order valence-corrected chi connectivity index (χ3v) is 2.50. The van der Waals surface area contributed by atoms with Crippen LogP contribution in [0.25, 0.3) is 0 Å². The molecule has 11 heavy (non-hydrogen) atoms. The molecule has 1 aromatic rings. The highest BCUT2D eigenvalue weighted by atomic mass is 79.9. The molecule has 56 valence electrons. The number of hydrogen-bond donors (Lipinski definition) is 1. The van der Waals surface area contributed by atoms with Gasteiger partial charge in [-0.3, -0.25) is 0 Å². The first-order chi connectivity index (χ1) is 5.15. The minimum absolute atomic E-state index is 0.600. The van der Waals surface area contributed by atoms with Crippen molar-refractivity contribution in [1.82, 2.24) is 0 Å². The molecule has 1 aromatic carbocycles. The zero-order valence-electron chi connectivity index (χ0n) is 6.06. The second kappa shape index (κ2) is 2.93. The smallest absolute Gasteiger partial charge is 0.0992 e. The molecule has 0 bridgehead atoms. The normalized spacial score (nSPS) is 9.18. The van der Waals surface area contributed by atoms with Crippen LogP contribution in [0.15, 0.2) is 16.6 Å². The Morgan fingerprint density at radius 1 is 1.55 bits per heavy atom. The first-order valence-corrected chi connectivity index (χ1v) is 3.90. The molecule has 0 saturated heterocycles. The van der Waals surface area contributed by atoms with Crippen LogP contribution in [0.2, 0.25) is 0 Å². The molecule has 0 aliphatic heterocycles. The van der Waals surface area contributed by atoms with Crippen molar-refractivity contribution in [1.29, 1.82) is 5.26 Å². The van der Waals surface area contributed by atoms with E-state index in [1.54, 1.807) is 12.1 Å². The Kier molecular flexibility index (Phi) is 2.16. The van der Waals surface area contributed by atoms with Crippen LogP contribution in [0.4, 0.5) is 5.69 Å². The molecular weight excluding hydrogens is 204 g/mol. The maximum atomic E-state index is 8.56. The monoisotopic (exact) mass is 210 g/mol.